The van der Waals surface area contributed by atoms with E-state index in [4.69, 9.17) is 4.52 Å². The number of nitrogens with one attached hydrogen (secondary N) is 1. The lowest BCUT2D eigenvalue weighted by atomic mass is 10.1. The van der Waals surface area contributed by atoms with Crippen LogP contribution in [0.25, 0.3) is 5.69 Å². The summed E-state index contributed by atoms with van der Waals surface area (Å²) in [4.78, 5) is 12.3. The summed E-state index contributed by atoms with van der Waals surface area (Å²) in [7, 11) is 0. The molecule has 1 aliphatic carbocycles. The number of rotatable bonds is 5. The van der Waals surface area contributed by atoms with Crippen LogP contribution in [0.1, 0.15) is 53.5 Å². The third-order valence-electron chi connectivity index (χ3n) is 4.17. The highest BCUT2D eigenvalue weighted by molar-refractivity contribution is 5.92. The summed E-state index contributed by atoms with van der Waals surface area (Å²) < 4.78 is 6.91. The van der Waals surface area contributed by atoms with Crippen LogP contribution < -0.4 is 5.32 Å². The van der Waals surface area contributed by atoms with Crippen LogP contribution in [0.15, 0.2) is 47.2 Å². The van der Waals surface area contributed by atoms with Crippen molar-refractivity contribution in [2.24, 2.45) is 0 Å². The van der Waals surface area contributed by atoms with Gasteiger partial charge in [-0.3, -0.25) is 4.79 Å². The summed E-state index contributed by atoms with van der Waals surface area (Å²) in [5, 5.41) is 14.5. The highest BCUT2D eigenvalue weighted by atomic mass is 16.5. The lowest BCUT2D eigenvalue weighted by Crippen LogP contribution is -2.26. The van der Waals surface area contributed by atoms with E-state index in [0.717, 1.165) is 29.9 Å². The molecule has 2 heterocycles. The Balaban J connectivity index is 1.43. The first-order chi connectivity index (χ1) is 11.7. The number of hydrogen-bond donors (Lipinski definition) is 1. The monoisotopic (exact) mass is 323 g/mol. The van der Waals surface area contributed by atoms with Gasteiger partial charge in [-0.1, -0.05) is 22.5 Å². The second-order valence-electron chi connectivity index (χ2n) is 6.02. The highest BCUT2D eigenvalue weighted by Crippen LogP contribution is 2.40. The Hall–Kier alpha value is -2.96. The fourth-order valence-electron chi connectivity index (χ4n) is 2.57. The van der Waals surface area contributed by atoms with Gasteiger partial charge in [0, 0.05) is 12.0 Å². The smallest absolute Gasteiger partial charge is 0.273 e. The van der Waals surface area contributed by atoms with Gasteiger partial charge in [-0.25, -0.2) is 4.68 Å². The molecule has 0 saturated heterocycles. The van der Waals surface area contributed by atoms with Gasteiger partial charge in [0.2, 0.25) is 0 Å². The average Bonchev–Trinajstić information content (AvgIpc) is 3.12. The Morgan fingerprint density at radius 1 is 1.33 bits per heavy atom. The summed E-state index contributed by atoms with van der Waals surface area (Å²) in [6.45, 7) is 1.93. The second-order valence-corrected chi connectivity index (χ2v) is 6.02. The molecule has 122 valence electrons. The average molecular weight is 323 g/mol. The van der Waals surface area contributed by atoms with Gasteiger partial charge in [0.15, 0.2) is 5.69 Å². The molecule has 0 radical (unpaired) electrons. The number of hydrogen-bond acceptors (Lipinski definition) is 5. The Bertz CT molecular complexity index is 834. The first kappa shape index (κ1) is 14.6. The predicted octanol–water partition coefficient (Wildman–Crippen LogP) is 2.62. The van der Waals surface area contributed by atoms with Crippen molar-refractivity contribution in [1.29, 1.82) is 0 Å². The SMILES string of the molecule is CC(NC(=O)c1cc(C2CC2)on1)c1ccc(-n2ccnn2)cc1. The molecule has 7 heteroatoms. The van der Waals surface area contributed by atoms with E-state index in [9.17, 15) is 4.79 Å². The fourth-order valence-corrected chi connectivity index (χ4v) is 2.57. The quantitative estimate of drug-likeness (QED) is 0.780. The molecule has 1 fully saturated rings. The lowest BCUT2D eigenvalue weighted by molar-refractivity contribution is 0.0930. The summed E-state index contributed by atoms with van der Waals surface area (Å²) in [5.41, 5.74) is 2.25. The molecule has 3 aromatic rings. The Kier molecular flexibility index (Phi) is 3.60. The maximum atomic E-state index is 12.3. The summed E-state index contributed by atoms with van der Waals surface area (Å²) in [6.07, 6.45) is 5.64. The van der Waals surface area contributed by atoms with Gasteiger partial charge in [-0.05, 0) is 37.5 Å². The van der Waals surface area contributed by atoms with Crippen molar-refractivity contribution >= 4 is 5.91 Å². The Labute approximate surface area is 138 Å². The van der Waals surface area contributed by atoms with Crippen LogP contribution in [0.3, 0.4) is 0 Å². The van der Waals surface area contributed by atoms with Crippen molar-refractivity contribution in [2.45, 2.75) is 31.7 Å². The minimum atomic E-state index is -0.224. The van der Waals surface area contributed by atoms with Crippen molar-refractivity contribution in [3.8, 4) is 5.69 Å². The number of aromatic nitrogens is 4. The van der Waals surface area contributed by atoms with Gasteiger partial charge in [0.25, 0.3) is 5.91 Å². The predicted molar refractivity (Wildman–Crippen MR) is 85.7 cm³/mol. The molecule has 4 rings (SSSR count). The molecular formula is C17H17N5O2. The van der Waals surface area contributed by atoms with Gasteiger partial charge in [0.1, 0.15) is 5.76 Å². The van der Waals surface area contributed by atoms with Crippen molar-refractivity contribution < 1.29 is 9.32 Å². The first-order valence-electron chi connectivity index (χ1n) is 7.95. The molecule has 1 atom stereocenters. The van der Waals surface area contributed by atoms with E-state index in [1.807, 2.05) is 31.2 Å². The number of nitrogens with zero attached hydrogens (tertiary/aromatic N) is 4. The molecule has 2 aromatic heterocycles. The largest absolute Gasteiger partial charge is 0.360 e. The number of carbonyl (C=O) groups excluding carboxylic acids is 1. The van der Waals surface area contributed by atoms with Crippen LogP contribution in [0.2, 0.25) is 0 Å². The molecule has 0 spiro atoms. The number of carbonyl (C=O) groups is 1. The molecule has 1 saturated carbocycles. The van der Waals surface area contributed by atoms with E-state index in [2.05, 4.69) is 20.8 Å². The molecule has 1 aliphatic rings. The third-order valence-corrected chi connectivity index (χ3v) is 4.17. The highest BCUT2D eigenvalue weighted by Gasteiger charge is 2.29. The summed E-state index contributed by atoms with van der Waals surface area (Å²) in [6, 6.07) is 9.40. The maximum absolute atomic E-state index is 12.3. The van der Waals surface area contributed by atoms with E-state index >= 15 is 0 Å². The van der Waals surface area contributed by atoms with Crippen molar-refractivity contribution in [2.75, 3.05) is 0 Å². The van der Waals surface area contributed by atoms with Gasteiger partial charge in [-0.2, -0.15) is 0 Å². The second kappa shape index (κ2) is 5.92. The Morgan fingerprint density at radius 3 is 2.79 bits per heavy atom. The third kappa shape index (κ3) is 2.92. The van der Waals surface area contributed by atoms with Crippen molar-refractivity contribution in [1.82, 2.24) is 25.5 Å². The maximum Gasteiger partial charge on any atom is 0.273 e. The lowest BCUT2D eigenvalue weighted by Gasteiger charge is -2.13. The first-order valence-corrected chi connectivity index (χ1v) is 7.95. The van der Waals surface area contributed by atoms with Crippen LogP contribution in [0.5, 0.6) is 0 Å². The van der Waals surface area contributed by atoms with E-state index in [1.165, 1.54) is 0 Å². The Morgan fingerprint density at radius 2 is 2.12 bits per heavy atom. The molecule has 0 aliphatic heterocycles. The fraction of sp³-hybridized carbons (Fsp3) is 0.294. The summed E-state index contributed by atoms with van der Waals surface area (Å²) in [5.74, 6) is 1.03. The number of amides is 1. The van der Waals surface area contributed by atoms with Gasteiger partial charge < -0.3 is 9.84 Å². The zero-order valence-corrected chi connectivity index (χ0v) is 13.2. The molecule has 0 bridgehead atoms. The summed E-state index contributed by atoms with van der Waals surface area (Å²) >= 11 is 0. The van der Waals surface area contributed by atoms with Crippen LogP contribution in [-0.2, 0) is 0 Å². The zero-order valence-electron chi connectivity index (χ0n) is 13.2. The standard InChI is InChI=1S/C17H17N5O2/c1-11(12-4-6-14(7-5-12)22-9-8-18-21-22)19-17(23)15-10-16(24-20-15)13-2-3-13/h4-11,13H,2-3H2,1H3,(H,19,23). The molecule has 1 aromatic carbocycles. The number of benzene rings is 1. The van der Waals surface area contributed by atoms with E-state index in [1.54, 1.807) is 23.1 Å². The van der Waals surface area contributed by atoms with Gasteiger partial charge >= 0.3 is 0 Å². The van der Waals surface area contributed by atoms with Crippen LogP contribution >= 0.6 is 0 Å². The van der Waals surface area contributed by atoms with E-state index in [0.29, 0.717) is 11.6 Å². The molecule has 24 heavy (non-hydrogen) atoms. The molecular weight excluding hydrogens is 306 g/mol. The molecule has 1 amide bonds. The van der Waals surface area contributed by atoms with Crippen LogP contribution in [0.4, 0.5) is 0 Å². The van der Waals surface area contributed by atoms with Gasteiger partial charge in [0.05, 0.1) is 24.1 Å². The zero-order chi connectivity index (χ0) is 16.5. The van der Waals surface area contributed by atoms with Crippen LogP contribution in [0, 0.1) is 0 Å². The minimum Gasteiger partial charge on any atom is -0.360 e. The molecule has 1 N–H and O–H groups in total. The van der Waals surface area contributed by atoms with E-state index < -0.39 is 0 Å². The topological polar surface area (TPSA) is 85.8 Å². The van der Waals surface area contributed by atoms with E-state index in [-0.39, 0.29) is 11.9 Å². The van der Waals surface area contributed by atoms with Gasteiger partial charge in [-0.15, -0.1) is 5.10 Å². The van der Waals surface area contributed by atoms with Crippen molar-refractivity contribution in [3.05, 3.63) is 59.7 Å². The normalized spacial score (nSPS) is 15.2. The molecule has 7 nitrogen and oxygen atoms in total. The van der Waals surface area contributed by atoms with Crippen molar-refractivity contribution in [3.63, 3.8) is 0 Å². The minimum absolute atomic E-state index is 0.136. The van der Waals surface area contributed by atoms with Crippen LogP contribution in [-0.4, -0.2) is 26.1 Å². The molecule has 1 unspecified atom stereocenters.